The zero-order chi connectivity index (χ0) is 16.6. The lowest BCUT2D eigenvalue weighted by molar-refractivity contribution is -0.144. The van der Waals surface area contributed by atoms with Gasteiger partial charge in [0.2, 0.25) is 0 Å². The van der Waals surface area contributed by atoms with E-state index in [9.17, 15) is 30.7 Å². The van der Waals surface area contributed by atoms with E-state index >= 15 is 0 Å². The summed E-state index contributed by atoms with van der Waals surface area (Å²) in [4.78, 5) is 0. The van der Waals surface area contributed by atoms with Crippen LogP contribution in [0.3, 0.4) is 0 Å². The first-order chi connectivity index (χ1) is 9.34. The van der Waals surface area contributed by atoms with Gasteiger partial charge >= 0.3 is 12.4 Å². The van der Waals surface area contributed by atoms with Gasteiger partial charge in [-0.1, -0.05) is 13.8 Å². The molecule has 0 aliphatic rings. The summed E-state index contributed by atoms with van der Waals surface area (Å²) in [6, 6.07) is -1.38. The Morgan fingerprint density at radius 1 is 1.00 bits per heavy atom. The van der Waals surface area contributed by atoms with E-state index < -0.39 is 40.9 Å². The lowest BCUT2D eigenvalue weighted by Gasteiger charge is -2.22. The predicted molar refractivity (Wildman–Crippen MR) is 70.0 cm³/mol. The summed E-state index contributed by atoms with van der Waals surface area (Å²) in [6.45, 7) is 3.32. The number of rotatable bonds is 3. The fourth-order valence-corrected chi connectivity index (χ4v) is 2.02. The van der Waals surface area contributed by atoms with Crippen LogP contribution in [0.5, 0.6) is 0 Å². The molecule has 0 aromatic heterocycles. The minimum absolute atomic E-state index is 0. The molecule has 9 heteroatoms. The third-order valence-electron chi connectivity index (χ3n) is 2.86. The summed E-state index contributed by atoms with van der Waals surface area (Å²) in [7, 11) is 0. The first-order valence-corrected chi connectivity index (χ1v) is 6.07. The van der Waals surface area contributed by atoms with Gasteiger partial charge in [0.1, 0.15) is 5.82 Å². The molecular formula is C13H15ClF7N. The second-order valence-corrected chi connectivity index (χ2v) is 5.15. The largest absolute Gasteiger partial charge is 0.416 e. The summed E-state index contributed by atoms with van der Waals surface area (Å²) in [5.74, 6) is -1.73. The third-order valence-corrected chi connectivity index (χ3v) is 2.86. The normalized spacial score (nSPS) is 14.0. The third kappa shape index (κ3) is 5.01. The molecule has 0 aliphatic heterocycles. The number of hydrogen-bond donors (Lipinski definition) is 1. The highest BCUT2D eigenvalue weighted by Gasteiger charge is 2.40. The van der Waals surface area contributed by atoms with Crippen molar-refractivity contribution in [1.29, 1.82) is 0 Å². The van der Waals surface area contributed by atoms with Crippen LogP contribution < -0.4 is 5.73 Å². The second kappa shape index (κ2) is 7.04. The van der Waals surface area contributed by atoms with Gasteiger partial charge in [-0.15, -0.1) is 12.4 Å². The highest BCUT2D eigenvalue weighted by atomic mass is 35.5. The van der Waals surface area contributed by atoms with Crippen LogP contribution in [0.15, 0.2) is 12.1 Å². The van der Waals surface area contributed by atoms with Crippen LogP contribution in [0.1, 0.15) is 43.0 Å². The first kappa shape index (κ1) is 21.0. The van der Waals surface area contributed by atoms with Gasteiger partial charge in [-0.3, -0.25) is 0 Å². The molecule has 1 aromatic rings. The lowest BCUT2D eigenvalue weighted by Crippen LogP contribution is -2.22. The molecule has 1 nitrogen and oxygen atoms in total. The second-order valence-electron chi connectivity index (χ2n) is 5.15. The smallest absolute Gasteiger partial charge is 0.324 e. The monoisotopic (exact) mass is 353 g/mol. The van der Waals surface area contributed by atoms with Crippen molar-refractivity contribution in [3.05, 3.63) is 34.6 Å². The number of benzene rings is 1. The van der Waals surface area contributed by atoms with Crippen molar-refractivity contribution in [1.82, 2.24) is 0 Å². The van der Waals surface area contributed by atoms with Crippen LogP contribution >= 0.6 is 12.4 Å². The molecule has 0 saturated carbocycles. The SMILES string of the molecule is CC(C)C[C@@H](N)c1c(F)cc(C(F)(F)F)cc1C(F)(F)F.Cl. The Kier molecular flexibility index (Phi) is 6.71. The molecular weight excluding hydrogens is 339 g/mol. The molecule has 0 fully saturated rings. The standard InChI is InChI=1S/C13H14F7N.ClH/c1-6(2)3-10(21)11-8(13(18,19)20)4-7(5-9(11)14)12(15,16)17;/h4-6,10H,3,21H2,1-2H3;1H/t10-;/m1./s1. The van der Waals surface area contributed by atoms with Crippen molar-refractivity contribution >= 4 is 12.4 Å². The molecule has 0 bridgehead atoms. The maximum Gasteiger partial charge on any atom is 0.416 e. The van der Waals surface area contributed by atoms with Gasteiger partial charge in [0.25, 0.3) is 0 Å². The van der Waals surface area contributed by atoms with Crippen LogP contribution in [0.2, 0.25) is 0 Å². The Morgan fingerprint density at radius 2 is 1.50 bits per heavy atom. The predicted octanol–water partition coefficient (Wildman–Crippen LogP) is 5.33. The molecule has 2 N–H and O–H groups in total. The Balaban J connectivity index is 0.00000441. The highest BCUT2D eigenvalue weighted by Crippen LogP contribution is 2.41. The summed E-state index contributed by atoms with van der Waals surface area (Å²) < 4.78 is 90.0. The van der Waals surface area contributed by atoms with E-state index in [1.165, 1.54) is 0 Å². The summed E-state index contributed by atoms with van der Waals surface area (Å²) in [6.07, 6.45) is -10.2. The van der Waals surface area contributed by atoms with Gasteiger partial charge in [-0.25, -0.2) is 4.39 Å². The number of nitrogens with two attached hydrogens (primary N) is 1. The van der Waals surface area contributed by atoms with Gasteiger partial charge in [-0.05, 0) is 24.5 Å². The van der Waals surface area contributed by atoms with E-state index in [1.807, 2.05) is 0 Å². The van der Waals surface area contributed by atoms with E-state index in [0.29, 0.717) is 0 Å². The minimum atomic E-state index is -5.12. The van der Waals surface area contributed by atoms with Crippen LogP contribution in [0.25, 0.3) is 0 Å². The fourth-order valence-electron chi connectivity index (χ4n) is 2.02. The Labute approximate surface area is 129 Å². The van der Waals surface area contributed by atoms with Gasteiger partial charge in [-0.2, -0.15) is 26.3 Å². The van der Waals surface area contributed by atoms with Crippen molar-refractivity contribution in [3.8, 4) is 0 Å². The maximum atomic E-state index is 13.8. The number of halogens is 8. The van der Waals surface area contributed by atoms with Gasteiger partial charge in [0.15, 0.2) is 0 Å². The summed E-state index contributed by atoms with van der Waals surface area (Å²) >= 11 is 0. The molecule has 0 radical (unpaired) electrons. The topological polar surface area (TPSA) is 26.0 Å². The zero-order valence-corrected chi connectivity index (χ0v) is 12.5. The molecule has 0 aliphatic carbocycles. The lowest BCUT2D eigenvalue weighted by atomic mass is 9.92. The number of alkyl halides is 6. The highest BCUT2D eigenvalue weighted by molar-refractivity contribution is 5.85. The van der Waals surface area contributed by atoms with Crippen molar-refractivity contribution in [2.45, 2.75) is 38.7 Å². The average Bonchev–Trinajstić information content (AvgIpc) is 2.23. The van der Waals surface area contributed by atoms with Crippen molar-refractivity contribution < 1.29 is 30.7 Å². The van der Waals surface area contributed by atoms with E-state index in [1.54, 1.807) is 13.8 Å². The molecule has 0 amide bonds. The van der Waals surface area contributed by atoms with E-state index in [0.717, 1.165) is 0 Å². The zero-order valence-electron chi connectivity index (χ0n) is 11.6. The molecule has 0 spiro atoms. The maximum absolute atomic E-state index is 13.8. The Morgan fingerprint density at radius 3 is 1.86 bits per heavy atom. The summed E-state index contributed by atoms with van der Waals surface area (Å²) in [5, 5.41) is 0. The van der Waals surface area contributed by atoms with E-state index in [2.05, 4.69) is 0 Å². The quantitative estimate of drug-likeness (QED) is 0.730. The average molecular weight is 354 g/mol. The molecule has 1 aromatic carbocycles. The molecule has 128 valence electrons. The Hall–Kier alpha value is -1.02. The minimum Gasteiger partial charge on any atom is -0.324 e. The van der Waals surface area contributed by atoms with Gasteiger partial charge in [0.05, 0.1) is 11.1 Å². The molecule has 22 heavy (non-hydrogen) atoms. The van der Waals surface area contributed by atoms with Crippen LogP contribution in [0, 0.1) is 11.7 Å². The van der Waals surface area contributed by atoms with Crippen molar-refractivity contribution in [2.24, 2.45) is 11.7 Å². The molecule has 1 atom stereocenters. The van der Waals surface area contributed by atoms with Gasteiger partial charge < -0.3 is 5.73 Å². The number of hydrogen-bond acceptors (Lipinski definition) is 1. The van der Waals surface area contributed by atoms with Crippen molar-refractivity contribution in [3.63, 3.8) is 0 Å². The first-order valence-electron chi connectivity index (χ1n) is 6.07. The summed E-state index contributed by atoms with van der Waals surface area (Å²) in [5.41, 5.74) is 1.24. The van der Waals surface area contributed by atoms with Crippen molar-refractivity contribution in [2.75, 3.05) is 0 Å². The molecule has 0 unspecified atom stereocenters. The van der Waals surface area contributed by atoms with Crippen LogP contribution in [0.4, 0.5) is 30.7 Å². The van der Waals surface area contributed by atoms with E-state index in [-0.39, 0.29) is 36.9 Å². The Bertz CT molecular complexity index is 508. The van der Waals surface area contributed by atoms with E-state index in [4.69, 9.17) is 5.73 Å². The molecule has 1 rings (SSSR count). The molecule has 0 heterocycles. The van der Waals surface area contributed by atoms with Crippen LogP contribution in [-0.4, -0.2) is 0 Å². The van der Waals surface area contributed by atoms with Gasteiger partial charge in [0, 0.05) is 11.6 Å². The molecule has 0 saturated heterocycles. The van der Waals surface area contributed by atoms with Crippen LogP contribution in [-0.2, 0) is 12.4 Å². The fraction of sp³-hybridized carbons (Fsp3) is 0.538.